The molecule has 0 N–H and O–H groups in total. The maximum Gasteiger partial charge on any atom is 0.297 e. The van der Waals surface area contributed by atoms with E-state index >= 15 is 0 Å². The normalized spacial score (nSPS) is 13.2. The van der Waals surface area contributed by atoms with E-state index in [9.17, 15) is 9.18 Å². The minimum Gasteiger partial charge on any atom is -0.463 e. The van der Waals surface area contributed by atoms with Gasteiger partial charge in [-0.15, -0.1) is 0 Å². The molecular weight excluding hydrogens is 285 g/mol. The number of rotatable bonds is 4. The number of hydrogen-bond donors (Lipinski definition) is 0. The van der Waals surface area contributed by atoms with Crippen LogP contribution in [0.4, 0.5) is 4.39 Å². The van der Waals surface area contributed by atoms with Gasteiger partial charge in [0.15, 0.2) is 0 Å². The highest BCUT2D eigenvalue weighted by atomic mass is 19.1. The van der Waals surface area contributed by atoms with Crippen LogP contribution in [0.5, 0.6) is 6.01 Å². The average Bonchev–Trinajstić information content (AvgIpc) is 3.06. The van der Waals surface area contributed by atoms with Crippen LogP contribution in [0, 0.1) is 5.82 Å². The first-order valence-corrected chi connectivity index (χ1v) is 6.94. The van der Waals surface area contributed by atoms with E-state index in [4.69, 9.17) is 4.74 Å². The lowest BCUT2D eigenvalue weighted by molar-refractivity contribution is 0.103. The highest BCUT2D eigenvalue weighted by molar-refractivity contribution is 6.07. The Bertz CT molecular complexity index is 733. The summed E-state index contributed by atoms with van der Waals surface area (Å²) in [5.74, 6) is -0.482. The number of ketones is 1. The molecule has 0 spiro atoms. The Balaban J connectivity index is 2.07. The fourth-order valence-corrected chi connectivity index (χ4v) is 2.33. The van der Waals surface area contributed by atoms with Gasteiger partial charge in [-0.05, 0) is 24.3 Å². The number of carbonyl (C=O) groups excluding carboxylic acids is 1. The van der Waals surface area contributed by atoms with Crippen molar-refractivity contribution in [2.45, 2.75) is 6.54 Å². The third kappa shape index (κ3) is 2.59. The van der Waals surface area contributed by atoms with Crippen molar-refractivity contribution < 1.29 is 13.9 Å². The molecule has 0 saturated carbocycles. The van der Waals surface area contributed by atoms with Crippen molar-refractivity contribution in [2.24, 2.45) is 0 Å². The lowest BCUT2D eigenvalue weighted by Crippen LogP contribution is -2.09. The van der Waals surface area contributed by atoms with E-state index in [1.165, 1.54) is 18.2 Å². The smallest absolute Gasteiger partial charge is 0.297 e. The Hall–Kier alpha value is -2.63. The van der Waals surface area contributed by atoms with Crippen molar-refractivity contribution >= 4 is 5.78 Å². The number of carbonyl (C=O) groups is 1. The van der Waals surface area contributed by atoms with Crippen LogP contribution in [0.2, 0.25) is 0 Å². The van der Waals surface area contributed by atoms with Gasteiger partial charge in [0.25, 0.3) is 6.01 Å². The predicted octanol–water partition coefficient (Wildman–Crippen LogP) is 2.34. The van der Waals surface area contributed by atoms with Gasteiger partial charge in [0.1, 0.15) is 23.8 Å². The number of halogens is 1. The molecule has 0 unspecified atom stereocenters. The second kappa shape index (κ2) is 5.63. The molecule has 1 aliphatic rings. The molecule has 22 heavy (non-hydrogen) atoms. The molecule has 1 aromatic carbocycles. The third-order valence-electron chi connectivity index (χ3n) is 3.35. The highest BCUT2D eigenvalue weighted by Gasteiger charge is 2.26. The van der Waals surface area contributed by atoms with Crippen LogP contribution in [0.15, 0.2) is 36.5 Å². The molecule has 0 saturated heterocycles. The number of allylic oxidation sites excluding steroid dienone is 1. The summed E-state index contributed by atoms with van der Waals surface area (Å²) in [6.07, 6.45) is 3.18. The molecule has 6 heteroatoms. The molecule has 0 aliphatic carbocycles. The van der Waals surface area contributed by atoms with E-state index in [0.29, 0.717) is 36.1 Å². The van der Waals surface area contributed by atoms with Crippen LogP contribution >= 0.6 is 0 Å². The van der Waals surface area contributed by atoms with Crippen LogP contribution < -0.4 is 4.74 Å². The molecule has 5 nitrogen and oxygen atoms in total. The molecular formula is C16H16FN3O2. The zero-order valence-electron chi connectivity index (χ0n) is 12.4. The summed E-state index contributed by atoms with van der Waals surface area (Å²) < 4.78 is 20.3. The lowest BCUT2D eigenvalue weighted by atomic mass is 10.1. The van der Waals surface area contributed by atoms with Crippen molar-refractivity contribution in [1.82, 2.24) is 14.5 Å². The first-order chi connectivity index (χ1) is 10.6. The summed E-state index contributed by atoms with van der Waals surface area (Å²) in [5.41, 5.74) is 1.67. The molecule has 2 aromatic rings. The Morgan fingerprint density at radius 2 is 2.09 bits per heavy atom. The second-order valence-corrected chi connectivity index (χ2v) is 5.24. The lowest BCUT2D eigenvalue weighted by Gasteiger charge is -2.06. The van der Waals surface area contributed by atoms with Crippen molar-refractivity contribution in [1.29, 1.82) is 0 Å². The van der Waals surface area contributed by atoms with E-state index in [0.717, 1.165) is 0 Å². The van der Waals surface area contributed by atoms with Gasteiger partial charge >= 0.3 is 0 Å². The zero-order valence-corrected chi connectivity index (χ0v) is 12.4. The Kier molecular flexibility index (Phi) is 3.66. The maximum absolute atomic E-state index is 13.1. The number of ether oxygens (including phenoxy) is 1. The summed E-state index contributed by atoms with van der Waals surface area (Å²) in [4.78, 5) is 18.7. The van der Waals surface area contributed by atoms with E-state index in [-0.39, 0.29) is 11.6 Å². The zero-order chi connectivity index (χ0) is 15.7. The van der Waals surface area contributed by atoms with Gasteiger partial charge in [0.2, 0.25) is 5.78 Å². The number of aromatic nitrogens is 2. The molecule has 0 fully saturated rings. The monoisotopic (exact) mass is 301 g/mol. The van der Waals surface area contributed by atoms with Gasteiger partial charge in [0, 0.05) is 31.9 Å². The molecule has 0 atom stereocenters. The summed E-state index contributed by atoms with van der Waals surface area (Å²) in [6.45, 7) is 1.09. The molecule has 0 bridgehead atoms. The van der Waals surface area contributed by atoms with Crippen molar-refractivity contribution in [3.8, 4) is 17.3 Å². The van der Waals surface area contributed by atoms with Crippen LogP contribution in [0.25, 0.3) is 11.3 Å². The SMILES string of the molecule is CN(C)C=CC(=O)c1c(-c2ccc(F)cc2)nc2n1CCO2. The maximum atomic E-state index is 13.1. The Morgan fingerprint density at radius 1 is 1.36 bits per heavy atom. The quantitative estimate of drug-likeness (QED) is 0.642. The van der Waals surface area contributed by atoms with Gasteiger partial charge in [-0.3, -0.25) is 9.36 Å². The van der Waals surface area contributed by atoms with Gasteiger partial charge < -0.3 is 9.64 Å². The number of benzene rings is 1. The number of nitrogens with zero attached hydrogens (tertiary/aromatic N) is 3. The van der Waals surface area contributed by atoms with Gasteiger partial charge in [-0.25, -0.2) is 4.39 Å². The van der Waals surface area contributed by atoms with Crippen LogP contribution in [0.3, 0.4) is 0 Å². The molecule has 0 amide bonds. The Morgan fingerprint density at radius 3 is 2.77 bits per heavy atom. The molecule has 3 rings (SSSR count). The second-order valence-electron chi connectivity index (χ2n) is 5.24. The van der Waals surface area contributed by atoms with Crippen LogP contribution in [-0.4, -0.2) is 40.9 Å². The third-order valence-corrected chi connectivity index (χ3v) is 3.35. The summed E-state index contributed by atoms with van der Waals surface area (Å²) in [7, 11) is 3.68. The Labute approximate surface area is 127 Å². The average molecular weight is 301 g/mol. The number of fused-ring (bicyclic) bond motifs is 1. The highest BCUT2D eigenvalue weighted by Crippen LogP contribution is 2.30. The van der Waals surface area contributed by atoms with E-state index in [1.54, 1.807) is 27.8 Å². The van der Waals surface area contributed by atoms with E-state index < -0.39 is 0 Å². The van der Waals surface area contributed by atoms with Gasteiger partial charge in [-0.1, -0.05) is 0 Å². The summed E-state index contributed by atoms with van der Waals surface area (Å²) in [5, 5.41) is 0. The van der Waals surface area contributed by atoms with E-state index in [1.807, 2.05) is 14.1 Å². The summed E-state index contributed by atoms with van der Waals surface area (Å²) in [6, 6.07) is 6.36. The molecule has 2 heterocycles. The van der Waals surface area contributed by atoms with Gasteiger partial charge in [0.05, 0.1) is 6.54 Å². The fourth-order valence-electron chi connectivity index (χ4n) is 2.33. The number of imidazole rings is 1. The summed E-state index contributed by atoms with van der Waals surface area (Å²) >= 11 is 0. The van der Waals surface area contributed by atoms with Gasteiger partial charge in [-0.2, -0.15) is 4.98 Å². The van der Waals surface area contributed by atoms with E-state index in [2.05, 4.69) is 4.98 Å². The predicted molar refractivity (Wildman–Crippen MR) is 80.3 cm³/mol. The molecule has 1 aliphatic heterocycles. The number of hydrogen-bond acceptors (Lipinski definition) is 4. The first-order valence-electron chi connectivity index (χ1n) is 6.94. The molecule has 114 valence electrons. The van der Waals surface area contributed by atoms with Crippen molar-refractivity contribution in [3.05, 3.63) is 48.1 Å². The fraction of sp³-hybridized carbons (Fsp3) is 0.250. The standard InChI is InChI=1S/C16H16FN3O2/c1-19(2)8-7-13(21)15-14(11-3-5-12(17)6-4-11)18-16-20(15)9-10-22-16/h3-8H,9-10H2,1-2H3. The topological polar surface area (TPSA) is 47.4 Å². The molecule has 0 radical (unpaired) electrons. The minimum absolute atomic E-state index is 0.155. The molecule has 1 aromatic heterocycles. The minimum atomic E-state index is -0.327. The van der Waals surface area contributed by atoms with Crippen molar-refractivity contribution in [2.75, 3.05) is 20.7 Å². The van der Waals surface area contributed by atoms with Crippen LogP contribution in [-0.2, 0) is 6.54 Å². The van der Waals surface area contributed by atoms with Crippen LogP contribution in [0.1, 0.15) is 10.5 Å². The largest absolute Gasteiger partial charge is 0.463 e. The first kappa shape index (κ1) is 14.3. The van der Waals surface area contributed by atoms with Crippen molar-refractivity contribution in [3.63, 3.8) is 0 Å².